The summed E-state index contributed by atoms with van der Waals surface area (Å²) in [6.45, 7) is -1.98. The predicted molar refractivity (Wildman–Crippen MR) is 124 cm³/mol. The summed E-state index contributed by atoms with van der Waals surface area (Å²) in [4.78, 5) is 30.2. The minimum atomic E-state index is -3.06. The zero-order valence-corrected chi connectivity index (χ0v) is 20.4. The summed E-state index contributed by atoms with van der Waals surface area (Å²) < 4.78 is 40.8. The van der Waals surface area contributed by atoms with Gasteiger partial charge in [0.2, 0.25) is 0 Å². The van der Waals surface area contributed by atoms with Gasteiger partial charge in [0.25, 0.3) is 0 Å². The minimum absolute atomic E-state index is 0.00775. The van der Waals surface area contributed by atoms with E-state index >= 15 is 0 Å². The van der Waals surface area contributed by atoms with Crippen LogP contribution in [0.1, 0.15) is 35.2 Å². The second kappa shape index (κ2) is 14.0. The highest BCUT2D eigenvalue weighted by Crippen LogP contribution is 2.31. The Morgan fingerprint density at radius 1 is 1.06 bits per heavy atom. The molecule has 0 radical (unpaired) electrons. The van der Waals surface area contributed by atoms with Gasteiger partial charge in [0.1, 0.15) is 6.61 Å². The number of hydrogen-bond donors (Lipinski definition) is 0. The van der Waals surface area contributed by atoms with Gasteiger partial charge in [-0.05, 0) is 45.1 Å². The molecule has 34 heavy (non-hydrogen) atoms. The van der Waals surface area contributed by atoms with E-state index in [9.17, 15) is 18.4 Å². The van der Waals surface area contributed by atoms with Gasteiger partial charge in [0, 0.05) is 42.9 Å². The molecule has 2 aromatic rings. The first-order valence-corrected chi connectivity index (χ1v) is 11.3. The van der Waals surface area contributed by atoms with Crippen LogP contribution in [0.3, 0.4) is 0 Å². The SMILES string of the molecule is CN(C)CCOC(=O)CCCCOc1cc(C(=O)Cc2c(Cl)cncc2Cl)ccc1OC(F)F. The van der Waals surface area contributed by atoms with Crippen molar-refractivity contribution in [2.45, 2.75) is 32.3 Å². The van der Waals surface area contributed by atoms with Crippen molar-refractivity contribution in [1.29, 1.82) is 0 Å². The molecule has 1 aromatic carbocycles. The first-order chi connectivity index (χ1) is 16.2. The van der Waals surface area contributed by atoms with Crippen LogP contribution in [0.25, 0.3) is 0 Å². The number of aromatic nitrogens is 1. The molecule has 0 N–H and O–H groups in total. The maximum Gasteiger partial charge on any atom is 0.387 e. The average molecular weight is 519 g/mol. The number of hydrogen-bond acceptors (Lipinski definition) is 7. The number of halogens is 4. The number of Topliss-reactive ketones (excluding diaryl/α,β-unsaturated/α-hetero) is 1. The van der Waals surface area contributed by atoms with Crippen LogP contribution in [0, 0.1) is 0 Å². The molecule has 1 aromatic heterocycles. The van der Waals surface area contributed by atoms with E-state index in [-0.39, 0.29) is 58.3 Å². The maximum absolute atomic E-state index is 12.8. The number of ether oxygens (including phenoxy) is 3. The second-order valence-corrected chi connectivity index (χ2v) is 8.37. The zero-order chi connectivity index (χ0) is 25.1. The molecule has 2 rings (SSSR count). The highest BCUT2D eigenvalue weighted by Gasteiger charge is 2.17. The molecule has 0 atom stereocenters. The van der Waals surface area contributed by atoms with Crippen LogP contribution in [0.2, 0.25) is 10.0 Å². The van der Waals surface area contributed by atoms with E-state index < -0.39 is 6.61 Å². The lowest BCUT2D eigenvalue weighted by atomic mass is 10.0. The number of carbonyl (C=O) groups excluding carboxylic acids is 2. The van der Waals surface area contributed by atoms with E-state index in [2.05, 4.69) is 9.72 Å². The van der Waals surface area contributed by atoms with Gasteiger partial charge in [-0.2, -0.15) is 8.78 Å². The molecular formula is C23H26Cl2F2N2O5. The van der Waals surface area contributed by atoms with Crippen molar-refractivity contribution in [2.75, 3.05) is 33.9 Å². The summed E-state index contributed by atoms with van der Waals surface area (Å²) in [6.07, 6.45) is 3.82. The van der Waals surface area contributed by atoms with Gasteiger partial charge in [-0.3, -0.25) is 14.6 Å². The summed E-state index contributed by atoms with van der Waals surface area (Å²) in [7, 11) is 3.76. The molecule has 0 saturated carbocycles. The fourth-order valence-electron chi connectivity index (χ4n) is 2.82. The third kappa shape index (κ3) is 9.40. The van der Waals surface area contributed by atoms with Gasteiger partial charge in [0.15, 0.2) is 17.3 Å². The Hall–Kier alpha value is -2.49. The van der Waals surface area contributed by atoms with Crippen molar-refractivity contribution in [1.82, 2.24) is 9.88 Å². The van der Waals surface area contributed by atoms with Gasteiger partial charge in [0.05, 0.1) is 16.7 Å². The topological polar surface area (TPSA) is 78.0 Å². The van der Waals surface area contributed by atoms with Crippen LogP contribution >= 0.6 is 23.2 Å². The van der Waals surface area contributed by atoms with E-state index in [1.807, 2.05) is 19.0 Å². The fraction of sp³-hybridized carbons (Fsp3) is 0.435. The summed E-state index contributed by atoms with van der Waals surface area (Å²) in [5.74, 6) is -0.866. The van der Waals surface area contributed by atoms with Crippen molar-refractivity contribution in [3.05, 3.63) is 51.8 Å². The van der Waals surface area contributed by atoms with Gasteiger partial charge in [-0.1, -0.05) is 23.2 Å². The lowest BCUT2D eigenvalue weighted by molar-refractivity contribution is -0.144. The van der Waals surface area contributed by atoms with E-state index in [0.717, 1.165) is 0 Å². The van der Waals surface area contributed by atoms with E-state index in [1.54, 1.807) is 0 Å². The normalized spacial score (nSPS) is 11.1. The minimum Gasteiger partial charge on any atom is -0.490 e. The van der Waals surface area contributed by atoms with E-state index in [0.29, 0.717) is 31.6 Å². The molecule has 0 aliphatic rings. The second-order valence-electron chi connectivity index (χ2n) is 7.55. The first-order valence-electron chi connectivity index (χ1n) is 10.5. The van der Waals surface area contributed by atoms with Crippen LogP contribution < -0.4 is 9.47 Å². The van der Waals surface area contributed by atoms with Crippen LogP contribution in [-0.4, -0.2) is 62.1 Å². The van der Waals surface area contributed by atoms with E-state index in [1.165, 1.54) is 30.6 Å². The molecule has 0 unspecified atom stereocenters. The quantitative estimate of drug-likeness (QED) is 0.196. The van der Waals surface area contributed by atoms with Gasteiger partial charge in [-0.15, -0.1) is 0 Å². The van der Waals surface area contributed by atoms with Crippen molar-refractivity contribution >= 4 is 35.0 Å². The molecule has 1 heterocycles. The summed E-state index contributed by atoms with van der Waals surface area (Å²) in [5.41, 5.74) is 0.626. The monoisotopic (exact) mass is 518 g/mol. The highest BCUT2D eigenvalue weighted by molar-refractivity contribution is 6.36. The van der Waals surface area contributed by atoms with Gasteiger partial charge >= 0.3 is 12.6 Å². The Morgan fingerprint density at radius 2 is 1.76 bits per heavy atom. The molecule has 0 bridgehead atoms. The molecule has 7 nitrogen and oxygen atoms in total. The van der Waals surface area contributed by atoms with Crippen molar-refractivity contribution in [3.8, 4) is 11.5 Å². The maximum atomic E-state index is 12.8. The zero-order valence-electron chi connectivity index (χ0n) is 18.9. The Kier molecular flexibility index (Phi) is 11.5. The molecule has 11 heteroatoms. The number of benzene rings is 1. The number of nitrogens with zero attached hydrogens (tertiary/aromatic N) is 2. The third-order valence-corrected chi connectivity index (χ3v) is 5.26. The number of rotatable bonds is 14. The predicted octanol–water partition coefficient (Wildman–Crippen LogP) is 5.07. The number of likely N-dealkylation sites (N-methyl/N-ethyl adjacent to an activating group) is 1. The van der Waals surface area contributed by atoms with E-state index in [4.69, 9.17) is 32.7 Å². The highest BCUT2D eigenvalue weighted by atomic mass is 35.5. The smallest absolute Gasteiger partial charge is 0.387 e. The number of esters is 1. The molecule has 0 aliphatic heterocycles. The largest absolute Gasteiger partial charge is 0.490 e. The van der Waals surface area contributed by atoms with Gasteiger partial charge in [-0.25, -0.2) is 0 Å². The summed E-state index contributed by atoms with van der Waals surface area (Å²) >= 11 is 12.1. The van der Waals surface area contributed by atoms with Gasteiger partial charge < -0.3 is 19.1 Å². The molecule has 0 aliphatic carbocycles. The molecule has 0 saturated heterocycles. The Labute approximate surface area is 206 Å². The Balaban J connectivity index is 1.97. The summed E-state index contributed by atoms with van der Waals surface area (Å²) in [5, 5.41) is 0.491. The Morgan fingerprint density at radius 3 is 2.41 bits per heavy atom. The van der Waals surface area contributed by atoms with Crippen molar-refractivity contribution in [3.63, 3.8) is 0 Å². The van der Waals surface area contributed by atoms with Crippen molar-refractivity contribution < 1.29 is 32.6 Å². The lowest BCUT2D eigenvalue weighted by Gasteiger charge is -2.14. The molecule has 186 valence electrons. The van der Waals surface area contributed by atoms with Crippen LogP contribution in [0.4, 0.5) is 8.78 Å². The molecule has 0 amide bonds. The van der Waals surface area contributed by atoms with Crippen LogP contribution in [0.5, 0.6) is 11.5 Å². The summed E-state index contributed by atoms with van der Waals surface area (Å²) in [6, 6.07) is 3.94. The number of ketones is 1. The number of carbonyl (C=O) groups is 2. The molecular weight excluding hydrogens is 493 g/mol. The third-order valence-electron chi connectivity index (χ3n) is 4.61. The number of unbranched alkanes of at least 4 members (excludes halogenated alkanes) is 1. The standard InChI is InChI=1S/C23H26Cl2F2N2O5/c1-29(2)8-10-33-22(31)5-3-4-9-32-21-11-15(6-7-20(21)34-23(26)27)19(30)12-16-17(24)13-28-14-18(16)25/h6-7,11,13-14,23H,3-5,8-10,12H2,1-2H3. The average Bonchev–Trinajstić information content (AvgIpc) is 2.76. The lowest BCUT2D eigenvalue weighted by Crippen LogP contribution is -2.20. The fourth-order valence-corrected chi connectivity index (χ4v) is 3.32. The first kappa shape index (κ1) is 27.8. The van der Waals surface area contributed by atoms with Crippen LogP contribution in [-0.2, 0) is 16.0 Å². The van der Waals surface area contributed by atoms with Crippen LogP contribution in [0.15, 0.2) is 30.6 Å². The number of alkyl halides is 2. The number of pyridine rings is 1. The van der Waals surface area contributed by atoms with Crippen molar-refractivity contribution in [2.24, 2.45) is 0 Å². The Bertz CT molecular complexity index is 956. The molecule has 0 fully saturated rings. The molecule has 0 spiro atoms.